The maximum Gasteiger partial charge on any atom is 0.289 e. The van der Waals surface area contributed by atoms with Crippen molar-refractivity contribution in [1.29, 1.82) is 0 Å². The highest BCUT2D eigenvalue weighted by Gasteiger charge is 2.31. The van der Waals surface area contributed by atoms with E-state index in [-0.39, 0.29) is 11.9 Å². The van der Waals surface area contributed by atoms with E-state index < -0.39 is 0 Å². The van der Waals surface area contributed by atoms with Crippen molar-refractivity contribution < 1.29 is 18.7 Å². The predicted octanol–water partition coefficient (Wildman–Crippen LogP) is 3.17. The molecule has 2 aliphatic rings. The molecule has 5 rings (SSSR count). The van der Waals surface area contributed by atoms with Crippen molar-refractivity contribution in [2.75, 3.05) is 40.0 Å². The van der Waals surface area contributed by atoms with Crippen LogP contribution in [-0.2, 0) is 17.8 Å². The van der Waals surface area contributed by atoms with E-state index in [1.54, 1.807) is 18.1 Å². The molecule has 0 aliphatic carbocycles. The number of rotatable bonds is 5. The first-order valence-electron chi connectivity index (χ1n) is 10.7. The minimum atomic E-state index is -0.0663. The van der Waals surface area contributed by atoms with E-state index >= 15 is 0 Å². The zero-order valence-corrected chi connectivity index (χ0v) is 17.7. The molecule has 1 amide bonds. The normalized spacial score (nSPS) is 19.3. The van der Waals surface area contributed by atoms with Gasteiger partial charge in [0, 0.05) is 43.6 Å². The third-order valence-corrected chi connectivity index (χ3v) is 6.10. The fraction of sp³-hybridized carbons (Fsp3) is 0.375. The number of benzene rings is 1. The fourth-order valence-electron chi connectivity index (χ4n) is 4.55. The Balaban J connectivity index is 1.40. The summed E-state index contributed by atoms with van der Waals surface area (Å²) in [6, 6.07) is 16.2. The number of para-hydroxylation sites is 1. The van der Waals surface area contributed by atoms with Crippen molar-refractivity contribution in [3.8, 4) is 5.75 Å². The molecule has 0 bridgehead atoms. The lowest BCUT2D eigenvalue weighted by Crippen LogP contribution is -2.40. The molecular formula is C24H27N3O4. The average molecular weight is 421 g/mol. The van der Waals surface area contributed by atoms with E-state index in [4.69, 9.17) is 13.9 Å². The number of methoxy groups -OCH3 is 1. The van der Waals surface area contributed by atoms with Crippen LogP contribution in [0, 0.1) is 0 Å². The number of ether oxygens (including phenoxy) is 2. The second-order valence-corrected chi connectivity index (χ2v) is 7.91. The van der Waals surface area contributed by atoms with Gasteiger partial charge < -0.3 is 23.4 Å². The quantitative estimate of drug-likeness (QED) is 0.633. The summed E-state index contributed by atoms with van der Waals surface area (Å²) in [5, 5.41) is 0. The Kier molecular flexibility index (Phi) is 5.53. The molecule has 7 heteroatoms. The number of furan rings is 1. The van der Waals surface area contributed by atoms with Crippen molar-refractivity contribution in [3.05, 3.63) is 77.5 Å². The molecule has 3 aromatic rings. The van der Waals surface area contributed by atoms with Crippen molar-refractivity contribution in [3.63, 3.8) is 0 Å². The summed E-state index contributed by atoms with van der Waals surface area (Å²) in [4.78, 5) is 16.9. The number of fused-ring (bicyclic) bond motifs is 1. The van der Waals surface area contributed by atoms with E-state index in [0.717, 1.165) is 30.2 Å². The van der Waals surface area contributed by atoms with Gasteiger partial charge in [-0.3, -0.25) is 9.69 Å². The van der Waals surface area contributed by atoms with Crippen LogP contribution in [0.15, 0.2) is 59.1 Å². The van der Waals surface area contributed by atoms with Crippen LogP contribution in [0.2, 0.25) is 0 Å². The van der Waals surface area contributed by atoms with Gasteiger partial charge in [-0.2, -0.15) is 0 Å². The van der Waals surface area contributed by atoms with Gasteiger partial charge in [0.1, 0.15) is 11.5 Å². The van der Waals surface area contributed by atoms with Crippen molar-refractivity contribution >= 4 is 5.91 Å². The molecular weight excluding hydrogens is 394 g/mol. The van der Waals surface area contributed by atoms with Gasteiger partial charge >= 0.3 is 0 Å². The Morgan fingerprint density at radius 1 is 1.03 bits per heavy atom. The maximum atomic E-state index is 12.7. The minimum absolute atomic E-state index is 0.0448. The molecule has 2 aromatic heterocycles. The topological polar surface area (TPSA) is 60.1 Å². The smallest absolute Gasteiger partial charge is 0.289 e. The number of aromatic nitrogens is 1. The van der Waals surface area contributed by atoms with Gasteiger partial charge in [-0.15, -0.1) is 0 Å². The van der Waals surface area contributed by atoms with Crippen LogP contribution in [0.1, 0.15) is 33.6 Å². The first-order chi connectivity index (χ1) is 15.2. The minimum Gasteiger partial charge on any atom is -0.496 e. The Hall–Kier alpha value is -3.03. The first-order valence-corrected chi connectivity index (χ1v) is 10.7. The van der Waals surface area contributed by atoms with E-state index in [0.29, 0.717) is 38.6 Å². The first kappa shape index (κ1) is 19.9. The number of hydrogen-bond acceptors (Lipinski definition) is 5. The molecule has 0 radical (unpaired) electrons. The van der Waals surface area contributed by atoms with Gasteiger partial charge in [-0.1, -0.05) is 18.2 Å². The number of carbonyl (C=O) groups is 1. The lowest BCUT2D eigenvalue weighted by atomic mass is 9.98. The van der Waals surface area contributed by atoms with E-state index in [1.807, 2.05) is 24.3 Å². The second kappa shape index (κ2) is 8.61. The zero-order chi connectivity index (χ0) is 21.2. The summed E-state index contributed by atoms with van der Waals surface area (Å²) in [5.41, 5.74) is 2.35. The average Bonchev–Trinajstić information content (AvgIpc) is 3.49. The number of carbonyl (C=O) groups excluding carboxylic acids is 1. The molecule has 2 aliphatic heterocycles. The SMILES string of the molecule is COc1ccccc1[C@@H]1c2cccn2CCN1Cc1ccc(C(=O)N2CCOCC2)o1. The standard InChI is InChI=1S/C24H27N3O4/c1-29-21-7-3-2-5-19(21)23-20-6-4-10-25(20)11-12-27(23)17-18-8-9-22(31-18)24(28)26-13-15-30-16-14-26/h2-10,23H,11-17H2,1H3/t23-/m1/s1. The summed E-state index contributed by atoms with van der Waals surface area (Å²) in [7, 11) is 1.71. The number of nitrogens with zero attached hydrogens (tertiary/aromatic N) is 3. The third kappa shape index (κ3) is 3.86. The van der Waals surface area contributed by atoms with Crippen LogP contribution in [0.5, 0.6) is 5.75 Å². The molecule has 162 valence electrons. The zero-order valence-electron chi connectivity index (χ0n) is 17.7. The summed E-state index contributed by atoms with van der Waals surface area (Å²) in [6.45, 7) is 4.76. The predicted molar refractivity (Wildman–Crippen MR) is 115 cm³/mol. The van der Waals surface area contributed by atoms with Crippen molar-refractivity contribution in [1.82, 2.24) is 14.4 Å². The monoisotopic (exact) mass is 421 g/mol. The van der Waals surface area contributed by atoms with Gasteiger partial charge in [-0.25, -0.2) is 0 Å². The Bertz CT molecular complexity index is 1050. The number of hydrogen-bond donors (Lipinski definition) is 0. The van der Waals surface area contributed by atoms with Crippen molar-refractivity contribution in [2.45, 2.75) is 19.1 Å². The highest BCUT2D eigenvalue weighted by molar-refractivity contribution is 5.91. The van der Waals surface area contributed by atoms with Gasteiger partial charge in [0.25, 0.3) is 5.91 Å². The highest BCUT2D eigenvalue weighted by atomic mass is 16.5. The summed E-state index contributed by atoms with van der Waals surface area (Å²) < 4.78 is 19.3. The van der Waals surface area contributed by atoms with Crippen molar-refractivity contribution in [2.24, 2.45) is 0 Å². The van der Waals surface area contributed by atoms with E-state index in [2.05, 4.69) is 33.9 Å². The second-order valence-electron chi connectivity index (χ2n) is 7.91. The third-order valence-electron chi connectivity index (χ3n) is 6.10. The molecule has 1 fully saturated rings. The molecule has 0 unspecified atom stereocenters. The van der Waals surface area contributed by atoms with Crippen LogP contribution in [0.3, 0.4) is 0 Å². The molecule has 1 aromatic carbocycles. The molecule has 7 nitrogen and oxygen atoms in total. The van der Waals surface area contributed by atoms with Gasteiger partial charge in [0.05, 0.1) is 32.9 Å². The summed E-state index contributed by atoms with van der Waals surface area (Å²) >= 11 is 0. The van der Waals surface area contributed by atoms with E-state index in [9.17, 15) is 4.79 Å². The van der Waals surface area contributed by atoms with Crippen LogP contribution < -0.4 is 4.74 Å². The van der Waals surface area contributed by atoms with Gasteiger partial charge in [-0.05, 0) is 30.3 Å². The Morgan fingerprint density at radius 3 is 2.71 bits per heavy atom. The lowest BCUT2D eigenvalue weighted by molar-refractivity contribution is 0.0280. The molecule has 0 N–H and O–H groups in total. The van der Waals surface area contributed by atoms with Crippen LogP contribution in [0.4, 0.5) is 0 Å². The fourth-order valence-corrected chi connectivity index (χ4v) is 4.55. The van der Waals surface area contributed by atoms with Crippen LogP contribution in [0.25, 0.3) is 0 Å². The number of morpholine rings is 1. The summed E-state index contributed by atoms with van der Waals surface area (Å²) in [5.74, 6) is 1.99. The van der Waals surface area contributed by atoms with E-state index in [1.165, 1.54) is 5.69 Å². The van der Waals surface area contributed by atoms with Gasteiger partial charge in [0.2, 0.25) is 0 Å². The molecule has 1 atom stereocenters. The van der Waals surface area contributed by atoms with Crippen LogP contribution >= 0.6 is 0 Å². The Labute approximate surface area is 181 Å². The van der Waals surface area contributed by atoms with Crippen LogP contribution in [-0.4, -0.2) is 60.2 Å². The largest absolute Gasteiger partial charge is 0.496 e. The molecule has 31 heavy (non-hydrogen) atoms. The highest BCUT2D eigenvalue weighted by Crippen LogP contribution is 2.38. The lowest BCUT2D eigenvalue weighted by Gasteiger charge is -2.37. The molecule has 0 spiro atoms. The summed E-state index contributed by atoms with van der Waals surface area (Å²) in [6.07, 6.45) is 2.13. The maximum absolute atomic E-state index is 12.7. The molecule has 4 heterocycles. The number of amides is 1. The molecule has 0 saturated carbocycles. The van der Waals surface area contributed by atoms with Gasteiger partial charge in [0.15, 0.2) is 5.76 Å². The molecule has 1 saturated heterocycles. The Morgan fingerprint density at radius 2 is 1.87 bits per heavy atom.